The van der Waals surface area contributed by atoms with Gasteiger partial charge in [0.1, 0.15) is 6.10 Å². The Kier molecular flexibility index (Phi) is 9.36. The molecule has 2 N–H and O–H groups in total. The Morgan fingerprint density at radius 2 is 2.12 bits per heavy atom. The van der Waals surface area contributed by atoms with Crippen molar-refractivity contribution in [2.75, 3.05) is 40.0 Å². The Morgan fingerprint density at radius 3 is 2.83 bits per heavy atom. The van der Waals surface area contributed by atoms with Crippen LogP contribution < -0.4 is 5.32 Å². The van der Waals surface area contributed by atoms with Gasteiger partial charge >= 0.3 is 6.09 Å². The number of pyridine rings is 1. The van der Waals surface area contributed by atoms with E-state index < -0.39 is 12.2 Å². The number of aromatic nitrogens is 3. The summed E-state index contributed by atoms with van der Waals surface area (Å²) in [4.78, 5) is 34.5. The molecule has 2 aliphatic carbocycles. The standard InChI is InChI=1S/C30H42N6O5/c1-20-10-13-25-27(33-35(28(25)32-20)15-7-14-31-30(39)40-3)21(2)36(23-11-12-23)29(38)26-17-34(24(18-37)19-41-26)16-22-8-5-4-6-9-22/h5,8-10,13,21,23-24,26,37H,4,6-7,11-12,14-19H2,1-3H3,(H,31,39)/t21-,24+,26-/m1/s1. The minimum atomic E-state index is -0.605. The zero-order valence-electron chi connectivity index (χ0n) is 24.3. The van der Waals surface area contributed by atoms with E-state index in [1.165, 1.54) is 12.7 Å². The van der Waals surface area contributed by atoms with Crippen LogP contribution in [0.25, 0.3) is 11.0 Å². The van der Waals surface area contributed by atoms with Gasteiger partial charge in [-0.1, -0.05) is 18.2 Å². The van der Waals surface area contributed by atoms with E-state index in [9.17, 15) is 14.7 Å². The van der Waals surface area contributed by atoms with Crippen LogP contribution in [0.15, 0.2) is 35.9 Å². The highest BCUT2D eigenvalue weighted by Crippen LogP contribution is 2.37. The number of nitrogens with one attached hydrogen (secondary N) is 1. The Labute approximate surface area is 241 Å². The fourth-order valence-corrected chi connectivity index (χ4v) is 5.74. The van der Waals surface area contributed by atoms with Crippen LogP contribution in [-0.4, -0.2) is 99.8 Å². The minimum absolute atomic E-state index is 0.00830. The molecule has 2 aromatic rings. The molecule has 2 fully saturated rings. The number of amides is 2. The summed E-state index contributed by atoms with van der Waals surface area (Å²) in [5, 5.41) is 18.6. The lowest BCUT2D eigenvalue weighted by molar-refractivity contribution is -0.157. The molecule has 11 heteroatoms. The van der Waals surface area contributed by atoms with Crippen molar-refractivity contribution in [2.45, 2.75) is 76.7 Å². The number of aryl methyl sites for hydroxylation is 2. The number of ether oxygens (including phenoxy) is 2. The first kappa shape index (κ1) is 29.2. The Balaban J connectivity index is 1.35. The van der Waals surface area contributed by atoms with Crippen LogP contribution >= 0.6 is 0 Å². The second-order valence-electron chi connectivity index (χ2n) is 11.2. The molecule has 1 saturated carbocycles. The second-order valence-corrected chi connectivity index (χ2v) is 11.2. The molecule has 2 aromatic heterocycles. The number of methoxy groups -OCH3 is 1. The van der Waals surface area contributed by atoms with Crippen LogP contribution in [0.5, 0.6) is 0 Å². The number of hydrogen-bond donors (Lipinski definition) is 2. The molecule has 0 aromatic carbocycles. The number of allylic oxidation sites excluding steroid dienone is 2. The molecule has 1 saturated heterocycles. The normalized spacial score (nSPS) is 21.9. The van der Waals surface area contributed by atoms with E-state index >= 15 is 0 Å². The summed E-state index contributed by atoms with van der Waals surface area (Å²) in [6.07, 6.45) is 10.1. The van der Waals surface area contributed by atoms with Crippen molar-refractivity contribution in [3.8, 4) is 0 Å². The third-order valence-electron chi connectivity index (χ3n) is 8.12. The number of carbonyl (C=O) groups excluding carboxylic acids is 2. The van der Waals surface area contributed by atoms with Gasteiger partial charge in [-0.3, -0.25) is 9.69 Å². The molecule has 2 amide bonds. The van der Waals surface area contributed by atoms with E-state index in [1.54, 1.807) is 0 Å². The van der Waals surface area contributed by atoms with Crippen molar-refractivity contribution in [1.82, 2.24) is 29.9 Å². The Bertz CT molecular complexity index is 1300. The Morgan fingerprint density at radius 1 is 1.29 bits per heavy atom. The number of carbonyl (C=O) groups is 2. The first-order chi connectivity index (χ1) is 19.9. The fraction of sp³-hybridized carbons (Fsp3) is 0.600. The first-order valence-corrected chi connectivity index (χ1v) is 14.7. The maximum Gasteiger partial charge on any atom is 0.406 e. The number of fused-ring (bicyclic) bond motifs is 1. The maximum atomic E-state index is 14.1. The van der Waals surface area contributed by atoms with Crippen LogP contribution in [0.1, 0.15) is 56.5 Å². The summed E-state index contributed by atoms with van der Waals surface area (Å²) in [5.41, 5.74) is 3.69. The van der Waals surface area contributed by atoms with Crippen molar-refractivity contribution in [2.24, 2.45) is 0 Å². The van der Waals surface area contributed by atoms with E-state index in [1.807, 2.05) is 35.6 Å². The van der Waals surface area contributed by atoms with Crippen molar-refractivity contribution in [3.05, 3.63) is 47.3 Å². The van der Waals surface area contributed by atoms with Gasteiger partial charge in [-0.15, -0.1) is 0 Å². The van der Waals surface area contributed by atoms with Gasteiger partial charge in [0, 0.05) is 43.3 Å². The summed E-state index contributed by atoms with van der Waals surface area (Å²) in [6.45, 7) is 6.44. The number of aliphatic hydroxyl groups excluding tert-OH is 1. The average Bonchev–Trinajstić information content (AvgIpc) is 3.76. The molecule has 5 rings (SSSR count). The molecule has 0 bridgehead atoms. The van der Waals surface area contributed by atoms with Gasteiger partial charge in [-0.05, 0) is 63.7 Å². The number of rotatable bonds is 11. The number of aliphatic hydroxyl groups is 1. The highest BCUT2D eigenvalue weighted by atomic mass is 16.5. The topological polar surface area (TPSA) is 122 Å². The van der Waals surface area contributed by atoms with E-state index in [4.69, 9.17) is 14.8 Å². The van der Waals surface area contributed by atoms with Gasteiger partial charge in [0.05, 0.1) is 38.1 Å². The lowest BCUT2D eigenvalue weighted by atomic mass is 10.0. The van der Waals surface area contributed by atoms with Crippen LogP contribution in [0, 0.1) is 6.92 Å². The molecular weight excluding hydrogens is 524 g/mol. The van der Waals surface area contributed by atoms with E-state index in [0.29, 0.717) is 39.2 Å². The maximum absolute atomic E-state index is 14.1. The first-order valence-electron chi connectivity index (χ1n) is 14.7. The predicted molar refractivity (Wildman–Crippen MR) is 154 cm³/mol. The molecule has 222 valence electrons. The molecular formula is C30H42N6O5. The highest BCUT2D eigenvalue weighted by Gasteiger charge is 2.43. The molecule has 3 heterocycles. The molecule has 0 radical (unpaired) electrons. The summed E-state index contributed by atoms with van der Waals surface area (Å²) < 4.78 is 12.6. The van der Waals surface area contributed by atoms with Gasteiger partial charge in [-0.2, -0.15) is 5.10 Å². The SMILES string of the molecule is COC(=O)NCCCn1nc([C@@H](C)N(C(=O)[C@H]2CN(CC3=CCCC=C3)[C@@H](CO)CO2)C2CC2)c2ccc(C)nc21. The monoisotopic (exact) mass is 566 g/mol. The van der Waals surface area contributed by atoms with Gasteiger partial charge in [0.2, 0.25) is 0 Å². The Hall–Kier alpha value is -3.28. The lowest BCUT2D eigenvalue weighted by Crippen LogP contribution is -2.57. The number of alkyl carbamates (subject to hydrolysis) is 1. The smallest absolute Gasteiger partial charge is 0.406 e. The van der Waals surface area contributed by atoms with E-state index in [2.05, 4.69) is 33.2 Å². The van der Waals surface area contributed by atoms with Crippen molar-refractivity contribution in [3.63, 3.8) is 0 Å². The van der Waals surface area contributed by atoms with Gasteiger partial charge in [-0.25, -0.2) is 14.5 Å². The quantitative estimate of drug-likeness (QED) is 0.398. The third kappa shape index (κ3) is 6.79. The molecule has 3 aliphatic rings. The molecule has 0 unspecified atom stereocenters. The van der Waals surface area contributed by atoms with Crippen LogP contribution in [0.2, 0.25) is 0 Å². The van der Waals surface area contributed by atoms with Crippen molar-refractivity contribution in [1.29, 1.82) is 0 Å². The van der Waals surface area contributed by atoms with E-state index in [-0.39, 0.29) is 30.6 Å². The van der Waals surface area contributed by atoms with Crippen molar-refractivity contribution >= 4 is 23.0 Å². The van der Waals surface area contributed by atoms with Crippen LogP contribution in [0.4, 0.5) is 4.79 Å². The summed E-state index contributed by atoms with van der Waals surface area (Å²) in [7, 11) is 1.34. The molecule has 0 spiro atoms. The predicted octanol–water partition coefficient (Wildman–Crippen LogP) is 2.88. The summed E-state index contributed by atoms with van der Waals surface area (Å²) in [5.74, 6) is -0.0281. The third-order valence-corrected chi connectivity index (χ3v) is 8.12. The zero-order valence-corrected chi connectivity index (χ0v) is 24.3. The number of nitrogens with zero attached hydrogens (tertiary/aromatic N) is 5. The fourth-order valence-electron chi connectivity index (χ4n) is 5.74. The average molecular weight is 567 g/mol. The molecule has 11 nitrogen and oxygen atoms in total. The zero-order chi connectivity index (χ0) is 28.9. The van der Waals surface area contributed by atoms with Gasteiger partial charge in [0.15, 0.2) is 5.65 Å². The summed E-state index contributed by atoms with van der Waals surface area (Å²) >= 11 is 0. The van der Waals surface area contributed by atoms with Crippen molar-refractivity contribution < 1.29 is 24.2 Å². The van der Waals surface area contributed by atoms with Gasteiger partial charge < -0.3 is 24.8 Å². The number of morpholine rings is 1. The largest absolute Gasteiger partial charge is 0.453 e. The highest BCUT2D eigenvalue weighted by molar-refractivity contribution is 5.84. The second kappa shape index (κ2) is 13.1. The van der Waals surface area contributed by atoms with E-state index in [0.717, 1.165) is 48.1 Å². The lowest BCUT2D eigenvalue weighted by Gasteiger charge is -2.41. The van der Waals surface area contributed by atoms with Gasteiger partial charge in [0.25, 0.3) is 5.91 Å². The number of hydrogen-bond acceptors (Lipinski definition) is 8. The molecule has 3 atom stereocenters. The minimum Gasteiger partial charge on any atom is -0.453 e. The van der Waals surface area contributed by atoms with Crippen LogP contribution in [-0.2, 0) is 20.8 Å². The summed E-state index contributed by atoms with van der Waals surface area (Å²) in [6, 6.07) is 3.75. The van der Waals surface area contributed by atoms with Crippen LogP contribution in [0.3, 0.4) is 0 Å². The molecule has 41 heavy (non-hydrogen) atoms. The molecule has 1 aliphatic heterocycles.